The van der Waals surface area contributed by atoms with Crippen molar-refractivity contribution in [3.8, 4) is 0 Å². The van der Waals surface area contributed by atoms with Crippen molar-refractivity contribution in [2.75, 3.05) is 13.2 Å². The van der Waals surface area contributed by atoms with Crippen LogP contribution in [0.2, 0.25) is 18.1 Å². The molecule has 0 N–H and O–H groups in total. The summed E-state index contributed by atoms with van der Waals surface area (Å²) in [6.45, 7) is 18.5. The average Bonchev–Trinajstić information content (AvgIpc) is 2.76. The Labute approximate surface area is 119 Å². The Morgan fingerprint density at radius 2 is 1.79 bits per heavy atom. The van der Waals surface area contributed by atoms with Crippen LogP contribution in [0.15, 0.2) is 0 Å². The van der Waals surface area contributed by atoms with Crippen molar-refractivity contribution < 1.29 is 14.0 Å². The van der Waals surface area contributed by atoms with Crippen molar-refractivity contribution in [2.45, 2.75) is 59.7 Å². The van der Waals surface area contributed by atoms with Crippen LogP contribution < -0.4 is 0 Å². The summed E-state index contributed by atoms with van der Waals surface area (Å²) in [5, 5.41) is 0.214. The van der Waals surface area contributed by atoms with Crippen LogP contribution >= 0.6 is 0 Å². The standard InChI is InChI=1S/C15H30O3Si/c1-9-17-13(16)12-11(15(12,5)6)10-18-19(7,8)14(2,3)4/h11-12H,9-10H2,1-8H3/t11-,12-/m0/s1. The van der Waals surface area contributed by atoms with Crippen molar-refractivity contribution in [1.82, 2.24) is 0 Å². The zero-order valence-corrected chi connectivity index (χ0v) is 14.8. The summed E-state index contributed by atoms with van der Waals surface area (Å²) in [6.07, 6.45) is 0. The summed E-state index contributed by atoms with van der Waals surface area (Å²) < 4.78 is 11.4. The molecular weight excluding hydrogens is 256 g/mol. The van der Waals surface area contributed by atoms with Crippen LogP contribution in [0.5, 0.6) is 0 Å². The molecule has 0 aliphatic heterocycles. The maximum absolute atomic E-state index is 11.9. The molecule has 0 aromatic carbocycles. The van der Waals surface area contributed by atoms with E-state index in [1.165, 1.54) is 0 Å². The van der Waals surface area contributed by atoms with Crippen molar-refractivity contribution in [3.63, 3.8) is 0 Å². The molecular formula is C15H30O3Si. The molecule has 0 radical (unpaired) electrons. The minimum absolute atomic E-state index is 0.0113. The van der Waals surface area contributed by atoms with Crippen molar-refractivity contribution >= 4 is 14.3 Å². The number of hydrogen-bond acceptors (Lipinski definition) is 3. The van der Waals surface area contributed by atoms with Gasteiger partial charge in [-0.2, -0.15) is 0 Å². The van der Waals surface area contributed by atoms with Gasteiger partial charge in [-0.05, 0) is 30.5 Å². The Morgan fingerprint density at radius 1 is 1.26 bits per heavy atom. The average molecular weight is 286 g/mol. The lowest BCUT2D eigenvalue weighted by Gasteiger charge is -2.36. The first-order chi connectivity index (χ1) is 8.45. The smallest absolute Gasteiger partial charge is 0.309 e. The van der Waals surface area contributed by atoms with Gasteiger partial charge in [-0.3, -0.25) is 4.79 Å². The molecule has 1 aliphatic carbocycles. The first kappa shape index (κ1) is 16.7. The fourth-order valence-corrected chi connectivity index (χ4v) is 3.30. The lowest BCUT2D eigenvalue weighted by atomic mass is 10.1. The third-order valence-electron chi connectivity index (χ3n) is 5.02. The molecule has 0 aromatic heterocycles. The van der Waals surface area contributed by atoms with Crippen LogP contribution in [0.25, 0.3) is 0 Å². The summed E-state index contributed by atoms with van der Waals surface area (Å²) in [7, 11) is -1.73. The molecule has 0 aromatic rings. The number of carbonyl (C=O) groups is 1. The van der Waals surface area contributed by atoms with Gasteiger partial charge >= 0.3 is 5.97 Å². The highest BCUT2D eigenvalue weighted by molar-refractivity contribution is 6.74. The fraction of sp³-hybridized carbons (Fsp3) is 0.933. The van der Waals surface area contributed by atoms with E-state index in [1.54, 1.807) is 0 Å². The predicted octanol–water partition coefficient (Wildman–Crippen LogP) is 3.84. The van der Waals surface area contributed by atoms with Gasteiger partial charge in [0, 0.05) is 12.5 Å². The van der Waals surface area contributed by atoms with E-state index >= 15 is 0 Å². The van der Waals surface area contributed by atoms with Crippen LogP contribution in [0, 0.1) is 17.3 Å². The highest BCUT2D eigenvalue weighted by Crippen LogP contribution is 2.59. The zero-order chi connectivity index (χ0) is 15.1. The van der Waals surface area contributed by atoms with Crippen LogP contribution in [-0.4, -0.2) is 27.5 Å². The molecule has 0 heterocycles. The maximum Gasteiger partial charge on any atom is 0.309 e. The van der Waals surface area contributed by atoms with Gasteiger partial charge in [-0.15, -0.1) is 0 Å². The molecule has 0 saturated heterocycles. The highest BCUT2D eigenvalue weighted by atomic mass is 28.4. The third-order valence-corrected chi connectivity index (χ3v) is 9.52. The van der Waals surface area contributed by atoms with Gasteiger partial charge in [0.2, 0.25) is 0 Å². The Balaban J connectivity index is 2.58. The summed E-state index contributed by atoms with van der Waals surface area (Å²) in [6, 6.07) is 0. The van der Waals surface area contributed by atoms with Gasteiger partial charge in [-0.25, -0.2) is 0 Å². The first-order valence-corrected chi connectivity index (χ1v) is 10.2. The van der Waals surface area contributed by atoms with Crippen LogP contribution in [-0.2, 0) is 14.0 Å². The lowest BCUT2D eigenvalue weighted by Crippen LogP contribution is -2.41. The fourth-order valence-electron chi connectivity index (χ4n) is 2.27. The Hall–Kier alpha value is -0.353. The van der Waals surface area contributed by atoms with E-state index in [1.807, 2.05) is 6.92 Å². The van der Waals surface area contributed by atoms with Crippen LogP contribution in [0.1, 0.15) is 41.5 Å². The number of hydrogen-bond donors (Lipinski definition) is 0. The monoisotopic (exact) mass is 286 g/mol. The number of carbonyl (C=O) groups excluding carboxylic acids is 1. The summed E-state index contributed by atoms with van der Waals surface area (Å²) >= 11 is 0. The first-order valence-electron chi connectivity index (χ1n) is 7.25. The Bertz CT molecular complexity index is 342. The van der Waals surface area contributed by atoms with E-state index in [4.69, 9.17) is 9.16 Å². The van der Waals surface area contributed by atoms with E-state index < -0.39 is 8.32 Å². The molecule has 1 rings (SSSR count). The van der Waals surface area contributed by atoms with Crippen molar-refractivity contribution in [1.29, 1.82) is 0 Å². The summed E-state index contributed by atoms with van der Waals surface area (Å²) in [4.78, 5) is 11.9. The second-order valence-electron chi connectivity index (χ2n) is 7.73. The third kappa shape index (κ3) is 3.40. The Morgan fingerprint density at radius 3 is 2.21 bits per heavy atom. The number of ether oxygens (including phenoxy) is 1. The summed E-state index contributed by atoms with van der Waals surface area (Å²) in [5.74, 6) is 0.259. The molecule has 2 atom stereocenters. The van der Waals surface area contributed by atoms with E-state index in [-0.39, 0.29) is 22.3 Å². The molecule has 0 spiro atoms. The molecule has 1 saturated carbocycles. The highest BCUT2D eigenvalue weighted by Gasteiger charge is 2.63. The van der Waals surface area contributed by atoms with E-state index in [2.05, 4.69) is 47.7 Å². The molecule has 4 heteroatoms. The zero-order valence-electron chi connectivity index (χ0n) is 13.8. The molecule has 0 bridgehead atoms. The van der Waals surface area contributed by atoms with E-state index in [0.717, 1.165) is 0 Å². The van der Waals surface area contributed by atoms with Crippen LogP contribution in [0.4, 0.5) is 0 Å². The molecule has 3 nitrogen and oxygen atoms in total. The van der Waals surface area contributed by atoms with Gasteiger partial charge in [-0.1, -0.05) is 34.6 Å². The number of rotatable bonds is 5. The maximum atomic E-state index is 11.9. The lowest BCUT2D eigenvalue weighted by molar-refractivity contribution is -0.145. The van der Waals surface area contributed by atoms with E-state index in [0.29, 0.717) is 19.1 Å². The largest absolute Gasteiger partial charge is 0.466 e. The molecule has 1 fully saturated rings. The van der Waals surface area contributed by atoms with Gasteiger partial charge in [0.15, 0.2) is 8.32 Å². The molecule has 0 amide bonds. The number of esters is 1. The van der Waals surface area contributed by atoms with Gasteiger partial charge in [0.05, 0.1) is 12.5 Å². The van der Waals surface area contributed by atoms with Crippen LogP contribution in [0.3, 0.4) is 0 Å². The molecule has 1 aliphatic rings. The quantitative estimate of drug-likeness (QED) is 0.569. The molecule has 112 valence electrons. The van der Waals surface area contributed by atoms with Crippen molar-refractivity contribution in [3.05, 3.63) is 0 Å². The SMILES string of the molecule is CCOC(=O)[C@@H]1[C@H](CO[Si](C)(C)C(C)(C)C)C1(C)C. The van der Waals surface area contributed by atoms with Gasteiger partial charge < -0.3 is 9.16 Å². The topological polar surface area (TPSA) is 35.5 Å². The summed E-state index contributed by atoms with van der Waals surface area (Å²) in [5.41, 5.74) is 0.0224. The van der Waals surface area contributed by atoms with Crippen molar-refractivity contribution in [2.24, 2.45) is 17.3 Å². The van der Waals surface area contributed by atoms with Gasteiger partial charge in [0.25, 0.3) is 0 Å². The van der Waals surface area contributed by atoms with E-state index in [9.17, 15) is 4.79 Å². The minimum atomic E-state index is -1.73. The second kappa shape index (κ2) is 5.21. The predicted molar refractivity (Wildman–Crippen MR) is 80.5 cm³/mol. The normalized spacial score (nSPS) is 26.1. The van der Waals surface area contributed by atoms with Gasteiger partial charge in [0.1, 0.15) is 0 Å². The Kier molecular flexibility index (Phi) is 4.58. The second-order valence-corrected chi connectivity index (χ2v) is 12.5. The molecule has 19 heavy (non-hydrogen) atoms. The molecule has 0 unspecified atom stereocenters. The minimum Gasteiger partial charge on any atom is -0.466 e.